The summed E-state index contributed by atoms with van der Waals surface area (Å²) in [5.41, 5.74) is 3.11. The van der Waals surface area contributed by atoms with Crippen LogP contribution in [0, 0.1) is 5.41 Å². The molecule has 2 heterocycles. The molecule has 3 nitrogen and oxygen atoms in total. The van der Waals surface area contributed by atoms with Crippen LogP contribution in [0.5, 0.6) is 0 Å². The Labute approximate surface area is 129 Å². The Balaban J connectivity index is 1.61. The van der Waals surface area contributed by atoms with Gasteiger partial charge in [-0.1, -0.05) is 19.3 Å². The highest BCUT2D eigenvalue weighted by atomic mass is 15.1. The summed E-state index contributed by atoms with van der Waals surface area (Å²) in [6.07, 6.45) is 12.1. The number of pyridine rings is 1. The molecule has 21 heavy (non-hydrogen) atoms. The molecule has 2 fully saturated rings. The summed E-state index contributed by atoms with van der Waals surface area (Å²) in [6.45, 7) is 4.57. The molecular formula is C18H29N3. The fourth-order valence-electron chi connectivity index (χ4n) is 4.03. The predicted octanol–water partition coefficient (Wildman–Crippen LogP) is 3.91. The van der Waals surface area contributed by atoms with Crippen molar-refractivity contribution >= 4 is 5.69 Å². The van der Waals surface area contributed by atoms with E-state index in [2.05, 4.69) is 40.5 Å². The van der Waals surface area contributed by atoms with Crippen LogP contribution in [0.1, 0.15) is 63.6 Å². The standard InChI is InChI=1S/C18H29N3/c1-15(19-2)17-7-6-16(14-20-17)21-12-10-18(11-13-21)8-4-3-5-9-18/h6-7,14-15,19H,3-5,8-13H2,1-2H3. The SMILES string of the molecule is CNC(C)c1ccc(N2CCC3(CCCCC3)CC2)cn1. The van der Waals surface area contributed by atoms with Crippen molar-refractivity contribution < 1.29 is 0 Å². The van der Waals surface area contributed by atoms with Crippen LogP contribution >= 0.6 is 0 Å². The Hall–Kier alpha value is -1.09. The number of aromatic nitrogens is 1. The fraction of sp³-hybridized carbons (Fsp3) is 0.722. The van der Waals surface area contributed by atoms with Gasteiger partial charge >= 0.3 is 0 Å². The maximum absolute atomic E-state index is 4.62. The van der Waals surface area contributed by atoms with Crippen LogP contribution < -0.4 is 10.2 Å². The Morgan fingerprint density at radius 2 is 1.81 bits per heavy atom. The van der Waals surface area contributed by atoms with E-state index in [0.29, 0.717) is 11.5 Å². The quantitative estimate of drug-likeness (QED) is 0.913. The summed E-state index contributed by atoms with van der Waals surface area (Å²) in [5.74, 6) is 0. The van der Waals surface area contributed by atoms with Crippen molar-refractivity contribution in [3.05, 3.63) is 24.0 Å². The topological polar surface area (TPSA) is 28.2 Å². The second-order valence-electron chi connectivity index (χ2n) is 7.00. The van der Waals surface area contributed by atoms with Crippen LogP contribution in [-0.2, 0) is 0 Å². The summed E-state index contributed by atoms with van der Waals surface area (Å²) >= 11 is 0. The summed E-state index contributed by atoms with van der Waals surface area (Å²) in [5, 5.41) is 3.24. The molecule has 0 aromatic carbocycles. The van der Waals surface area contributed by atoms with Crippen molar-refractivity contribution in [3.8, 4) is 0 Å². The first-order chi connectivity index (χ1) is 10.2. The molecule has 1 atom stereocenters. The van der Waals surface area contributed by atoms with Gasteiger partial charge in [-0.05, 0) is 57.2 Å². The summed E-state index contributed by atoms with van der Waals surface area (Å²) in [7, 11) is 1.98. The molecule has 1 aromatic heterocycles. The molecule has 1 aromatic rings. The number of hydrogen-bond acceptors (Lipinski definition) is 3. The van der Waals surface area contributed by atoms with Gasteiger partial charge in [0.15, 0.2) is 0 Å². The van der Waals surface area contributed by atoms with Crippen LogP contribution in [0.15, 0.2) is 18.3 Å². The van der Waals surface area contributed by atoms with Gasteiger partial charge in [0.1, 0.15) is 0 Å². The van der Waals surface area contributed by atoms with Crippen LogP contribution in [0.25, 0.3) is 0 Å². The molecule has 2 aliphatic rings. The second kappa shape index (κ2) is 6.35. The third-order valence-corrected chi connectivity index (χ3v) is 5.75. The first-order valence-electron chi connectivity index (χ1n) is 8.61. The number of anilines is 1. The minimum atomic E-state index is 0.325. The first-order valence-corrected chi connectivity index (χ1v) is 8.61. The normalized spacial score (nSPS) is 23.2. The fourth-order valence-corrected chi connectivity index (χ4v) is 4.03. The van der Waals surface area contributed by atoms with E-state index in [9.17, 15) is 0 Å². The van der Waals surface area contributed by atoms with Gasteiger partial charge in [0.2, 0.25) is 0 Å². The lowest BCUT2D eigenvalue weighted by Gasteiger charge is -2.45. The molecule has 1 aliphatic heterocycles. The van der Waals surface area contributed by atoms with E-state index in [1.54, 1.807) is 0 Å². The van der Waals surface area contributed by atoms with Crippen LogP contribution in [0.2, 0.25) is 0 Å². The zero-order valence-corrected chi connectivity index (χ0v) is 13.6. The average molecular weight is 287 g/mol. The van der Waals surface area contributed by atoms with Crippen molar-refractivity contribution in [1.82, 2.24) is 10.3 Å². The monoisotopic (exact) mass is 287 g/mol. The van der Waals surface area contributed by atoms with E-state index in [1.165, 1.54) is 63.7 Å². The third kappa shape index (κ3) is 3.23. The summed E-state index contributed by atoms with van der Waals surface area (Å²) in [4.78, 5) is 7.15. The molecule has 116 valence electrons. The van der Waals surface area contributed by atoms with Crippen LogP contribution in [0.3, 0.4) is 0 Å². The van der Waals surface area contributed by atoms with E-state index in [1.807, 2.05) is 7.05 Å². The molecule has 1 saturated carbocycles. The van der Waals surface area contributed by atoms with Gasteiger partial charge in [0.25, 0.3) is 0 Å². The Morgan fingerprint density at radius 3 is 2.38 bits per heavy atom. The molecular weight excluding hydrogens is 258 g/mol. The van der Waals surface area contributed by atoms with Gasteiger partial charge in [-0.15, -0.1) is 0 Å². The molecule has 1 aliphatic carbocycles. The number of hydrogen-bond donors (Lipinski definition) is 1. The Morgan fingerprint density at radius 1 is 1.10 bits per heavy atom. The van der Waals surface area contributed by atoms with Crippen LogP contribution in [0.4, 0.5) is 5.69 Å². The highest BCUT2D eigenvalue weighted by molar-refractivity contribution is 5.45. The molecule has 1 unspecified atom stereocenters. The van der Waals surface area contributed by atoms with Gasteiger partial charge in [-0.2, -0.15) is 0 Å². The predicted molar refractivity (Wildman–Crippen MR) is 88.7 cm³/mol. The Bertz CT molecular complexity index is 438. The van der Waals surface area contributed by atoms with Gasteiger partial charge < -0.3 is 10.2 Å². The van der Waals surface area contributed by atoms with E-state index in [4.69, 9.17) is 0 Å². The number of rotatable bonds is 3. The zero-order chi connectivity index (χ0) is 14.7. The van der Waals surface area contributed by atoms with E-state index in [-0.39, 0.29) is 0 Å². The average Bonchev–Trinajstić information content (AvgIpc) is 2.56. The van der Waals surface area contributed by atoms with Crippen molar-refractivity contribution in [2.24, 2.45) is 5.41 Å². The minimum Gasteiger partial charge on any atom is -0.370 e. The molecule has 3 heteroatoms. The molecule has 1 N–H and O–H groups in total. The lowest BCUT2D eigenvalue weighted by molar-refractivity contribution is 0.144. The number of nitrogens with zero attached hydrogens (tertiary/aromatic N) is 2. The van der Waals surface area contributed by atoms with Gasteiger partial charge in [-0.3, -0.25) is 4.98 Å². The van der Waals surface area contributed by atoms with E-state index >= 15 is 0 Å². The van der Waals surface area contributed by atoms with Crippen molar-refractivity contribution in [2.45, 2.75) is 57.9 Å². The Kier molecular flexibility index (Phi) is 4.48. The minimum absolute atomic E-state index is 0.325. The molecule has 3 rings (SSSR count). The number of piperidine rings is 1. The maximum Gasteiger partial charge on any atom is 0.0571 e. The smallest absolute Gasteiger partial charge is 0.0571 e. The van der Waals surface area contributed by atoms with Crippen LogP contribution in [-0.4, -0.2) is 25.1 Å². The molecule has 0 amide bonds. The summed E-state index contributed by atoms with van der Waals surface area (Å²) in [6, 6.07) is 4.74. The third-order valence-electron chi connectivity index (χ3n) is 5.75. The zero-order valence-electron chi connectivity index (χ0n) is 13.6. The molecule has 0 radical (unpaired) electrons. The lowest BCUT2D eigenvalue weighted by atomic mass is 9.68. The van der Waals surface area contributed by atoms with E-state index < -0.39 is 0 Å². The highest BCUT2D eigenvalue weighted by Gasteiger charge is 2.35. The second-order valence-corrected chi connectivity index (χ2v) is 7.00. The van der Waals surface area contributed by atoms with Gasteiger partial charge in [0, 0.05) is 19.1 Å². The van der Waals surface area contributed by atoms with Crippen molar-refractivity contribution in [1.29, 1.82) is 0 Å². The lowest BCUT2D eigenvalue weighted by Crippen LogP contribution is -2.41. The number of nitrogens with one attached hydrogen (secondary N) is 1. The highest BCUT2D eigenvalue weighted by Crippen LogP contribution is 2.45. The molecule has 1 saturated heterocycles. The van der Waals surface area contributed by atoms with Crippen molar-refractivity contribution in [2.75, 3.05) is 25.0 Å². The summed E-state index contributed by atoms with van der Waals surface area (Å²) < 4.78 is 0. The molecule has 1 spiro atoms. The van der Waals surface area contributed by atoms with E-state index in [0.717, 1.165) is 5.69 Å². The maximum atomic E-state index is 4.62. The largest absolute Gasteiger partial charge is 0.370 e. The molecule has 0 bridgehead atoms. The van der Waals surface area contributed by atoms with Crippen molar-refractivity contribution in [3.63, 3.8) is 0 Å². The van der Waals surface area contributed by atoms with Gasteiger partial charge in [-0.25, -0.2) is 0 Å². The first kappa shape index (κ1) is 14.8. The van der Waals surface area contributed by atoms with Gasteiger partial charge in [0.05, 0.1) is 17.6 Å².